The summed E-state index contributed by atoms with van der Waals surface area (Å²) in [6.45, 7) is -0.567. The number of carbonyl (C=O) groups is 2. The normalized spacial score (nSPS) is 10.9. The van der Waals surface area contributed by atoms with Crippen molar-refractivity contribution in [2.75, 3.05) is 20.8 Å². The van der Waals surface area contributed by atoms with Gasteiger partial charge >= 0.3 is 12.3 Å². The Kier molecular flexibility index (Phi) is 6.27. The molecule has 9 heteroatoms. The Bertz CT molecular complexity index is 815. The average Bonchev–Trinajstić information content (AvgIpc) is 2.64. The molecule has 2 rings (SSSR count). The molecule has 0 heterocycles. The number of hydrogen-bond donors (Lipinski definition) is 0. The van der Waals surface area contributed by atoms with Gasteiger partial charge in [-0.1, -0.05) is 0 Å². The van der Waals surface area contributed by atoms with Crippen molar-refractivity contribution >= 4 is 11.8 Å². The van der Waals surface area contributed by atoms with Crippen LogP contribution in [-0.4, -0.2) is 38.9 Å². The smallest absolute Gasteiger partial charge is 0.497 e. The van der Waals surface area contributed by atoms with Gasteiger partial charge in [-0.05, 0) is 36.4 Å². The first-order valence-corrected chi connectivity index (χ1v) is 7.51. The molecule has 0 saturated heterocycles. The second-order valence-corrected chi connectivity index (χ2v) is 5.14. The Morgan fingerprint density at radius 3 is 2.11 bits per heavy atom. The number of methoxy groups -OCH3 is 2. The molecule has 27 heavy (non-hydrogen) atoms. The van der Waals surface area contributed by atoms with Crippen LogP contribution in [0.3, 0.4) is 0 Å². The molecule has 0 saturated carbocycles. The number of esters is 1. The molecule has 0 N–H and O–H groups in total. The predicted octanol–water partition coefficient (Wildman–Crippen LogP) is 3.64. The highest BCUT2D eigenvalue weighted by Gasteiger charge is 2.31. The number of rotatable bonds is 7. The summed E-state index contributed by atoms with van der Waals surface area (Å²) >= 11 is 0. The fourth-order valence-electron chi connectivity index (χ4n) is 2.11. The first kappa shape index (κ1) is 20.1. The van der Waals surface area contributed by atoms with Crippen LogP contribution in [-0.2, 0) is 4.74 Å². The second-order valence-electron chi connectivity index (χ2n) is 5.14. The molecule has 144 valence electrons. The standard InChI is InChI=1S/C18H15F3O6/c1-24-13-7-8-14(16(9-13)25-2)15(22)10-26-17(23)11-3-5-12(6-4-11)27-18(19,20)21/h3-9H,10H2,1-2H3. The van der Waals surface area contributed by atoms with Crippen LogP contribution in [0.15, 0.2) is 42.5 Å². The predicted molar refractivity (Wildman–Crippen MR) is 87.3 cm³/mol. The van der Waals surface area contributed by atoms with Crippen molar-refractivity contribution in [2.45, 2.75) is 6.36 Å². The van der Waals surface area contributed by atoms with Gasteiger partial charge in [0.15, 0.2) is 6.61 Å². The van der Waals surface area contributed by atoms with E-state index in [-0.39, 0.29) is 16.9 Å². The Morgan fingerprint density at radius 2 is 1.56 bits per heavy atom. The second kappa shape index (κ2) is 8.43. The van der Waals surface area contributed by atoms with E-state index >= 15 is 0 Å². The number of carbonyl (C=O) groups excluding carboxylic acids is 2. The number of Topliss-reactive ketones (excluding diaryl/α,β-unsaturated/α-hetero) is 1. The lowest BCUT2D eigenvalue weighted by molar-refractivity contribution is -0.274. The molecule has 0 amide bonds. The van der Waals surface area contributed by atoms with Crippen molar-refractivity contribution in [3.63, 3.8) is 0 Å². The van der Waals surface area contributed by atoms with Crippen molar-refractivity contribution < 1.29 is 41.7 Å². The van der Waals surface area contributed by atoms with Gasteiger partial charge in [0.2, 0.25) is 5.78 Å². The molecule has 6 nitrogen and oxygen atoms in total. The lowest BCUT2D eigenvalue weighted by Crippen LogP contribution is -2.17. The summed E-state index contributed by atoms with van der Waals surface area (Å²) in [7, 11) is 2.84. The van der Waals surface area contributed by atoms with Crippen LogP contribution < -0.4 is 14.2 Å². The molecular formula is C18H15F3O6. The van der Waals surface area contributed by atoms with Gasteiger partial charge in [0.25, 0.3) is 0 Å². The van der Waals surface area contributed by atoms with E-state index in [0.29, 0.717) is 5.75 Å². The Morgan fingerprint density at radius 1 is 0.926 bits per heavy atom. The summed E-state index contributed by atoms with van der Waals surface area (Å²) < 4.78 is 55.1. The van der Waals surface area contributed by atoms with Gasteiger partial charge in [0, 0.05) is 6.07 Å². The van der Waals surface area contributed by atoms with Gasteiger partial charge in [-0.2, -0.15) is 0 Å². The summed E-state index contributed by atoms with van der Waals surface area (Å²) in [6, 6.07) is 8.67. The van der Waals surface area contributed by atoms with Crippen LogP contribution in [0.1, 0.15) is 20.7 Å². The highest BCUT2D eigenvalue weighted by molar-refractivity contribution is 6.01. The van der Waals surface area contributed by atoms with Gasteiger partial charge in [-0.15, -0.1) is 13.2 Å². The zero-order valence-electron chi connectivity index (χ0n) is 14.3. The van der Waals surface area contributed by atoms with Gasteiger partial charge in [0.1, 0.15) is 17.2 Å². The monoisotopic (exact) mass is 384 g/mol. The average molecular weight is 384 g/mol. The third-order valence-electron chi connectivity index (χ3n) is 3.37. The van der Waals surface area contributed by atoms with E-state index in [2.05, 4.69) is 4.74 Å². The molecule has 0 aliphatic carbocycles. The Hall–Kier alpha value is -3.23. The molecular weight excluding hydrogens is 369 g/mol. The van der Waals surface area contributed by atoms with Gasteiger partial charge < -0.3 is 18.9 Å². The fraction of sp³-hybridized carbons (Fsp3) is 0.222. The minimum Gasteiger partial charge on any atom is -0.497 e. The maximum absolute atomic E-state index is 12.2. The lowest BCUT2D eigenvalue weighted by atomic mass is 10.1. The third-order valence-corrected chi connectivity index (χ3v) is 3.37. The van der Waals surface area contributed by atoms with Crippen LogP contribution in [0, 0.1) is 0 Å². The van der Waals surface area contributed by atoms with E-state index in [9.17, 15) is 22.8 Å². The topological polar surface area (TPSA) is 71.1 Å². The quantitative estimate of drug-likeness (QED) is 0.536. The molecule has 2 aromatic rings. The zero-order valence-corrected chi connectivity index (χ0v) is 14.3. The van der Waals surface area contributed by atoms with Crippen molar-refractivity contribution in [3.8, 4) is 17.2 Å². The van der Waals surface area contributed by atoms with Crippen molar-refractivity contribution in [1.29, 1.82) is 0 Å². The van der Waals surface area contributed by atoms with E-state index < -0.39 is 30.5 Å². The van der Waals surface area contributed by atoms with Crippen LogP contribution in [0.4, 0.5) is 13.2 Å². The maximum Gasteiger partial charge on any atom is 0.573 e. The molecule has 0 spiro atoms. The summed E-state index contributed by atoms with van der Waals surface area (Å²) in [5.74, 6) is -1.11. The largest absolute Gasteiger partial charge is 0.573 e. The molecule has 0 bridgehead atoms. The van der Waals surface area contributed by atoms with Gasteiger partial charge in [0.05, 0.1) is 25.3 Å². The minimum atomic E-state index is -4.83. The third kappa shape index (κ3) is 5.63. The minimum absolute atomic E-state index is 0.0287. The SMILES string of the molecule is COc1ccc(C(=O)COC(=O)c2ccc(OC(F)(F)F)cc2)c(OC)c1. The highest BCUT2D eigenvalue weighted by atomic mass is 19.4. The zero-order chi connectivity index (χ0) is 20.0. The molecule has 0 fully saturated rings. The van der Waals surface area contributed by atoms with E-state index in [1.54, 1.807) is 6.07 Å². The maximum atomic E-state index is 12.2. The summed E-state index contributed by atoms with van der Waals surface area (Å²) in [5, 5.41) is 0. The number of halogens is 3. The molecule has 0 aliphatic heterocycles. The Labute approximate surface area is 152 Å². The molecule has 0 atom stereocenters. The van der Waals surface area contributed by atoms with E-state index in [1.807, 2.05) is 0 Å². The molecule has 0 aromatic heterocycles. The summed E-state index contributed by atoms with van der Waals surface area (Å²) in [4.78, 5) is 24.2. The van der Waals surface area contributed by atoms with Gasteiger partial charge in [-0.25, -0.2) is 4.79 Å². The molecule has 0 unspecified atom stereocenters. The highest BCUT2D eigenvalue weighted by Crippen LogP contribution is 2.25. The van der Waals surface area contributed by atoms with Crippen molar-refractivity contribution in [2.24, 2.45) is 0 Å². The van der Waals surface area contributed by atoms with Crippen LogP contribution in [0.2, 0.25) is 0 Å². The number of benzene rings is 2. The molecule has 2 aromatic carbocycles. The Balaban J connectivity index is 2.00. The lowest BCUT2D eigenvalue weighted by Gasteiger charge is -2.11. The first-order chi connectivity index (χ1) is 12.7. The van der Waals surface area contributed by atoms with Crippen molar-refractivity contribution in [3.05, 3.63) is 53.6 Å². The van der Waals surface area contributed by atoms with Crippen LogP contribution >= 0.6 is 0 Å². The molecule has 0 aliphatic rings. The number of alkyl halides is 3. The summed E-state index contributed by atoms with van der Waals surface area (Å²) in [5.41, 5.74) is 0.166. The number of hydrogen-bond acceptors (Lipinski definition) is 6. The van der Waals surface area contributed by atoms with Crippen molar-refractivity contribution in [1.82, 2.24) is 0 Å². The van der Waals surface area contributed by atoms with E-state index in [4.69, 9.17) is 14.2 Å². The first-order valence-electron chi connectivity index (χ1n) is 7.51. The fourth-order valence-corrected chi connectivity index (χ4v) is 2.11. The van der Waals surface area contributed by atoms with E-state index in [1.165, 1.54) is 26.4 Å². The van der Waals surface area contributed by atoms with Crippen LogP contribution in [0.5, 0.6) is 17.2 Å². The van der Waals surface area contributed by atoms with Crippen LogP contribution in [0.25, 0.3) is 0 Å². The number of ether oxygens (including phenoxy) is 4. The van der Waals surface area contributed by atoms with Gasteiger partial charge in [-0.3, -0.25) is 4.79 Å². The summed E-state index contributed by atoms with van der Waals surface area (Å²) in [6.07, 6.45) is -4.83. The van der Waals surface area contributed by atoms with E-state index in [0.717, 1.165) is 24.3 Å². The molecule has 0 radical (unpaired) electrons. The number of ketones is 1.